The van der Waals surface area contributed by atoms with E-state index < -0.39 is 6.43 Å². The molecule has 0 unspecified atom stereocenters. The lowest BCUT2D eigenvalue weighted by Crippen LogP contribution is -1.94. The van der Waals surface area contributed by atoms with Crippen LogP contribution in [0.5, 0.6) is 0 Å². The largest absolute Gasteiger partial charge is 0.280 e. The molecule has 2 rings (SSSR count). The molecule has 2 aromatic rings. The van der Waals surface area contributed by atoms with Gasteiger partial charge >= 0.3 is 0 Å². The lowest BCUT2D eigenvalue weighted by molar-refractivity contribution is 0.146. The van der Waals surface area contributed by atoms with Gasteiger partial charge in [0.25, 0.3) is 6.43 Å². The van der Waals surface area contributed by atoms with Gasteiger partial charge in [0.15, 0.2) is 0 Å². The summed E-state index contributed by atoms with van der Waals surface area (Å²) in [5, 5.41) is 0.905. The monoisotopic (exact) mass is 285 g/mol. The van der Waals surface area contributed by atoms with Gasteiger partial charge < -0.3 is 0 Å². The molecule has 0 radical (unpaired) electrons. The van der Waals surface area contributed by atoms with Crippen molar-refractivity contribution >= 4 is 26.8 Å². The van der Waals surface area contributed by atoms with Gasteiger partial charge in [0.1, 0.15) is 5.69 Å². The van der Waals surface area contributed by atoms with Gasteiger partial charge in [0.2, 0.25) is 0 Å². The van der Waals surface area contributed by atoms with Crippen molar-refractivity contribution in [1.82, 2.24) is 4.98 Å². The van der Waals surface area contributed by atoms with Crippen molar-refractivity contribution in [2.24, 2.45) is 0 Å². The van der Waals surface area contributed by atoms with Gasteiger partial charge in [0.05, 0.1) is 5.52 Å². The van der Waals surface area contributed by atoms with Gasteiger partial charge in [-0.25, -0.2) is 13.8 Å². The predicted octanol–water partition coefficient (Wildman–Crippen LogP) is 4.55. The molecule has 0 bridgehead atoms. The number of alkyl halides is 2. The zero-order valence-corrected chi connectivity index (χ0v) is 10.5. The van der Waals surface area contributed by atoms with E-state index >= 15 is 0 Å². The fourth-order valence-corrected chi connectivity index (χ4v) is 2.00. The van der Waals surface area contributed by atoms with Gasteiger partial charge in [0, 0.05) is 9.86 Å². The Kier molecular flexibility index (Phi) is 2.93. The number of hydrogen-bond donors (Lipinski definition) is 0. The zero-order valence-electron chi connectivity index (χ0n) is 8.89. The van der Waals surface area contributed by atoms with Crippen LogP contribution in [0.2, 0.25) is 0 Å². The molecule has 0 aliphatic rings. The van der Waals surface area contributed by atoms with Crippen LogP contribution in [0.4, 0.5) is 8.78 Å². The molecule has 0 saturated carbocycles. The smallest absolute Gasteiger partial charge is 0.247 e. The first-order valence-corrected chi connectivity index (χ1v) is 5.64. The zero-order chi connectivity index (χ0) is 11.9. The molecule has 84 valence electrons. The number of benzene rings is 1. The maximum atomic E-state index is 12.6. The highest BCUT2D eigenvalue weighted by Gasteiger charge is 2.12. The summed E-state index contributed by atoms with van der Waals surface area (Å²) in [5.41, 5.74) is 2.27. The van der Waals surface area contributed by atoms with Crippen molar-refractivity contribution in [3.05, 3.63) is 39.5 Å². The van der Waals surface area contributed by atoms with Crippen molar-refractivity contribution in [1.29, 1.82) is 0 Å². The summed E-state index contributed by atoms with van der Waals surface area (Å²) >= 11 is 3.42. The minimum Gasteiger partial charge on any atom is -0.247 e. The average Bonchev–Trinajstić information content (AvgIpc) is 2.20. The number of aryl methyl sites for hydroxylation is 2. The van der Waals surface area contributed by atoms with Crippen molar-refractivity contribution in [2.75, 3.05) is 0 Å². The molecule has 0 fully saturated rings. The maximum absolute atomic E-state index is 12.6. The quantitative estimate of drug-likeness (QED) is 0.749. The minimum absolute atomic E-state index is 0.160. The Bertz CT molecular complexity index is 552. The van der Waals surface area contributed by atoms with E-state index in [4.69, 9.17) is 0 Å². The highest BCUT2D eigenvalue weighted by molar-refractivity contribution is 9.10. The van der Waals surface area contributed by atoms with Crippen molar-refractivity contribution in [3.63, 3.8) is 0 Å². The summed E-state index contributed by atoms with van der Waals surface area (Å²) in [6, 6.07) is 5.18. The van der Waals surface area contributed by atoms with Gasteiger partial charge in [-0.3, -0.25) is 0 Å². The van der Waals surface area contributed by atoms with Crippen LogP contribution >= 0.6 is 15.9 Å². The molecule has 0 aliphatic carbocycles. The Hall–Kier alpha value is -1.03. The second-order valence-electron chi connectivity index (χ2n) is 3.78. The van der Waals surface area contributed by atoms with E-state index in [0.717, 1.165) is 21.0 Å². The summed E-state index contributed by atoms with van der Waals surface area (Å²) in [6.45, 7) is 3.73. The molecule has 1 heterocycles. The highest BCUT2D eigenvalue weighted by atomic mass is 79.9. The third kappa shape index (κ3) is 1.94. The molecular formula is C12H10BrF2N. The molecule has 1 aromatic heterocycles. The molecule has 0 aliphatic heterocycles. The van der Waals surface area contributed by atoms with Crippen LogP contribution in [-0.4, -0.2) is 4.98 Å². The Morgan fingerprint density at radius 2 is 1.81 bits per heavy atom. The van der Waals surface area contributed by atoms with E-state index in [1.807, 2.05) is 26.0 Å². The SMILES string of the molecule is Cc1cc2nc(C(F)F)cc(C)c2cc1Br. The first kappa shape index (κ1) is 11.5. The van der Waals surface area contributed by atoms with E-state index in [-0.39, 0.29) is 5.69 Å². The Morgan fingerprint density at radius 1 is 1.12 bits per heavy atom. The van der Waals surface area contributed by atoms with Crippen molar-refractivity contribution < 1.29 is 8.78 Å². The molecule has 1 aromatic carbocycles. The van der Waals surface area contributed by atoms with E-state index in [1.54, 1.807) is 0 Å². The molecule has 0 spiro atoms. The summed E-state index contributed by atoms with van der Waals surface area (Å²) in [6.07, 6.45) is -2.52. The lowest BCUT2D eigenvalue weighted by Gasteiger charge is -2.08. The fourth-order valence-electron chi connectivity index (χ4n) is 1.66. The minimum atomic E-state index is -2.52. The maximum Gasteiger partial charge on any atom is 0.280 e. The molecule has 16 heavy (non-hydrogen) atoms. The number of rotatable bonds is 1. The van der Waals surface area contributed by atoms with Gasteiger partial charge in [-0.05, 0) is 43.2 Å². The van der Waals surface area contributed by atoms with Gasteiger partial charge in [-0.15, -0.1) is 0 Å². The molecule has 4 heteroatoms. The normalized spacial score (nSPS) is 11.4. The van der Waals surface area contributed by atoms with Gasteiger partial charge in [-0.2, -0.15) is 0 Å². The third-order valence-electron chi connectivity index (χ3n) is 2.54. The van der Waals surface area contributed by atoms with Crippen LogP contribution in [0.1, 0.15) is 23.2 Å². The number of hydrogen-bond acceptors (Lipinski definition) is 1. The summed E-state index contributed by atoms with van der Waals surface area (Å²) in [7, 11) is 0. The highest BCUT2D eigenvalue weighted by Crippen LogP contribution is 2.28. The number of halogens is 3. The van der Waals surface area contributed by atoms with E-state index in [2.05, 4.69) is 20.9 Å². The van der Waals surface area contributed by atoms with Crippen LogP contribution in [-0.2, 0) is 0 Å². The van der Waals surface area contributed by atoms with Crippen LogP contribution < -0.4 is 0 Å². The molecule has 0 amide bonds. The molecule has 1 nitrogen and oxygen atoms in total. The number of aromatic nitrogens is 1. The lowest BCUT2D eigenvalue weighted by atomic mass is 10.1. The number of fused-ring (bicyclic) bond motifs is 1. The van der Waals surface area contributed by atoms with Gasteiger partial charge in [-0.1, -0.05) is 15.9 Å². The Labute approximate surface area is 101 Å². The van der Waals surface area contributed by atoms with E-state index in [0.29, 0.717) is 5.52 Å². The van der Waals surface area contributed by atoms with Crippen LogP contribution in [0.3, 0.4) is 0 Å². The van der Waals surface area contributed by atoms with E-state index in [9.17, 15) is 8.78 Å². The number of nitrogens with zero attached hydrogens (tertiary/aromatic N) is 1. The molecule has 0 N–H and O–H groups in total. The van der Waals surface area contributed by atoms with Crippen molar-refractivity contribution in [2.45, 2.75) is 20.3 Å². The Morgan fingerprint density at radius 3 is 2.44 bits per heavy atom. The summed E-state index contributed by atoms with van der Waals surface area (Å²) in [5.74, 6) is 0. The second kappa shape index (κ2) is 4.09. The predicted molar refractivity (Wildman–Crippen MR) is 63.9 cm³/mol. The first-order valence-electron chi connectivity index (χ1n) is 4.84. The standard InChI is InChI=1S/C12H10BrF2N/c1-6-3-11(12(14)15)16-10-4-7(2)9(13)5-8(6)10/h3-5,12H,1-2H3. The summed E-state index contributed by atoms with van der Waals surface area (Å²) < 4.78 is 26.1. The van der Waals surface area contributed by atoms with Crippen LogP contribution in [0, 0.1) is 13.8 Å². The summed E-state index contributed by atoms with van der Waals surface area (Å²) in [4.78, 5) is 3.97. The topological polar surface area (TPSA) is 12.9 Å². The molecule has 0 saturated heterocycles. The molecular weight excluding hydrogens is 276 g/mol. The molecule has 0 atom stereocenters. The van der Waals surface area contributed by atoms with Crippen molar-refractivity contribution in [3.8, 4) is 0 Å². The Balaban J connectivity index is 2.77. The average molecular weight is 286 g/mol. The number of pyridine rings is 1. The van der Waals surface area contributed by atoms with Crippen LogP contribution in [0.25, 0.3) is 10.9 Å². The third-order valence-corrected chi connectivity index (χ3v) is 3.39. The first-order chi connectivity index (χ1) is 7.49. The van der Waals surface area contributed by atoms with E-state index in [1.165, 1.54) is 6.07 Å². The second-order valence-corrected chi connectivity index (χ2v) is 4.64. The van der Waals surface area contributed by atoms with Crippen LogP contribution in [0.15, 0.2) is 22.7 Å². The fraction of sp³-hybridized carbons (Fsp3) is 0.250.